The first kappa shape index (κ1) is 15.8. The van der Waals surface area contributed by atoms with Crippen molar-refractivity contribution in [2.75, 3.05) is 12.4 Å². The molecule has 1 unspecified atom stereocenters. The summed E-state index contributed by atoms with van der Waals surface area (Å²) in [5, 5.41) is 6.72. The predicted octanol–water partition coefficient (Wildman–Crippen LogP) is 3.95. The monoisotopic (exact) mass is 346 g/mol. The molecule has 1 saturated heterocycles. The van der Waals surface area contributed by atoms with Crippen molar-refractivity contribution in [3.63, 3.8) is 0 Å². The Labute approximate surface area is 143 Å². The molecule has 2 aromatic rings. The van der Waals surface area contributed by atoms with Crippen LogP contribution >= 0.6 is 23.4 Å². The minimum absolute atomic E-state index is 0.0997. The number of hydrogen-bond acceptors (Lipinski definition) is 4. The van der Waals surface area contributed by atoms with E-state index < -0.39 is 0 Å². The van der Waals surface area contributed by atoms with Crippen molar-refractivity contribution in [3.8, 4) is 5.75 Å². The van der Waals surface area contributed by atoms with Gasteiger partial charge in [0.1, 0.15) is 5.75 Å². The van der Waals surface area contributed by atoms with E-state index in [1.54, 1.807) is 25.3 Å². The smallest absolute Gasteiger partial charge is 0.260 e. The molecule has 1 fully saturated rings. The number of hydrogen-bond donors (Lipinski definition) is 2. The Balaban J connectivity index is 1.76. The van der Waals surface area contributed by atoms with Gasteiger partial charge in [0.25, 0.3) is 5.91 Å². The molecule has 2 N–H and O–H groups in total. The van der Waals surface area contributed by atoms with Gasteiger partial charge >= 0.3 is 0 Å². The number of amides is 1. The number of carbonyl (C=O) groups is 1. The zero-order valence-corrected chi connectivity index (χ0v) is 13.9. The Morgan fingerprint density at radius 3 is 2.78 bits per heavy atom. The Kier molecular flexibility index (Phi) is 4.79. The molecule has 118 valence electrons. The van der Waals surface area contributed by atoms with Gasteiger partial charge in [0, 0.05) is 5.02 Å². The highest BCUT2D eigenvalue weighted by molar-refractivity contribution is 8.05. The average Bonchev–Trinajstić information content (AvgIpc) is 2.88. The Morgan fingerprint density at radius 2 is 2.04 bits per heavy atom. The van der Waals surface area contributed by atoms with E-state index >= 15 is 0 Å². The molecule has 0 spiro atoms. The highest BCUT2D eigenvalue weighted by Crippen LogP contribution is 2.34. The minimum atomic E-state index is -0.273. The highest BCUT2D eigenvalue weighted by atomic mass is 35.5. The maximum Gasteiger partial charge on any atom is 0.260 e. The van der Waals surface area contributed by atoms with Gasteiger partial charge in [-0.2, -0.15) is 0 Å². The van der Waals surface area contributed by atoms with Crippen LogP contribution in [0, 0.1) is 0 Å². The lowest BCUT2D eigenvalue weighted by molar-refractivity contribution is -0.116. The van der Waals surface area contributed by atoms with Gasteiger partial charge in [-0.3, -0.25) is 4.79 Å². The number of anilines is 1. The molecule has 6 heteroatoms. The molecule has 1 aliphatic rings. The third-order valence-electron chi connectivity index (χ3n) is 3.28. The lowest BCUT2D eigenvalue weighted by Crippen LogP contribution is -2.31. The summed E-state index contributed by atoms with van der Waals surface area (Å²) < 4.78 is 5.30. The van der Waals surface area contributed by atoms with Gasteiger partial charge in [-0.15, -0.1) is 0 Å². The van der Waals surface area contributed by atoms with Crippen LogP contribution in [0.5, 0.6) is 5.75 Å². The van der Waals surface area contributed by atoms with E-state index in [4.69, 9.17) is 16.3 Å². The van der Waals surface area contributed by atoms with Crippen molar-refractivity contribution in [3.05, 3.63) is 64.0 Å². The van der Waals surface area contributed by atoms with E-state index in [0.717, 1.165) is 11.3 Å². The first-order chi connectivity index (χ1) is 11.2. The van der Waals surface area contributed by atoms with Gasteiger partial charge in [-0.05, 0) is 29.8 Å². The molecule has 4 nitrogen and oxygen atoms in total. The van der Waals surface area contributed by atoms with E-state index in [9.17, 15) is 4.79 Å². The molecule has 0 aromatic heterocycles. The van der Waals surface area contributed by atoms with E-state index in [1.165, 1.54) is 11.8 Å². The van der Waals surface area contributed by atoms with Crippen LogP contribution in [-0.2, 0) is 4.79 Å². The van der Waals surface area contributed by atoms with Crippen LogP contribution in [0.1, 0.15) is 5.56 Å². The van der Waals surface area contributed by atoms with Gasteiger partial charge in [0.15, 0.2) is 5.50 Å². The molecule has 1 atom stereocenters. The SMILES string of the molecule is COc1ccc(Cl)cc1NC1NC(=O)/C(=C/c2ccccc2)S1. The number of ether oxygens (including phenoxy) is 1. The van der Waals surface area contributed by atoms with Crippen molar-refractivity contribution in [1.29, 1.82) is 0 Å². The van der Waals surface area contributed by atoms with E-state index in [0.29, 0.717) is 15.7 Å². The van der Waals surface area contributed by atoms with Crippen molar-refractivity contribution in [2.45, 2.75) is 5.50 Å². The normalized spacial score (nSPS) is 18.8. The zero-order valence-electron chi connectivity index (χ0n) is 12.4. The van der Waals surface area contributed by atoms with E-state index in [1.807, 2.05) is 36.4 Å². The predicted molar refractivity (Wildman–Crippen MR) is 95.6 cm³/mol. The lowest BCUT2D eigenvalue weighted by Gasteiger charge is -2.15. The molecule has 1 aliphatic heterocycles. The Morgan fingerprint density at radius 1 is 1.26 bits per heavy atom. The van der Waals surface area contributed by atoms with E-state index in [-0.39, 0.29) is 11.4 Å². The van der Waals surface area contributed by atoms with E-state index in [2.05, 4.69) is 10.6 Å². The third-order valence-corrected chi connectivity index (χ3v) is 4.54. The number of methoxy groups -OCH3 is 1. The summed E-state index contributed by atoms with van der Waals surface area (Å²) >= 11 is 7.45. The Hall–Kier alpha value is -2.11. The van der Waals surface area contributed by atoms with Gasteiger partial charge in [-0.25, -0.2) is 0 Å². The fraction of sp³-hybridized carbons (Fsp3) is 0.118. The molecule has 0 radical (unpaired) electrons. The highest BCUT2D eigenvalue weighted by Gasteiger charge is 2.27. The van der Waals surface area contributed by atoms with Crippen LogP contribution in [-0.4, -0.2) is 18.5 Å². The zero-order chi connectivity index (χ0) is 16.2. The molecule has 3 rings (SSSR count). The summed E-state index contributed by atoms with van der Waals surface area (Å²) in [6.45, 7) is 0. The van der Waals surface area contributed by atoms with Crippen LogP contribution in [0.15, 0.2) is 53.4 Å². The second kappa shape index (κ2) is 6.98. The van der Waals surface area contributed by atoms with Crippen LogP contribution in [0.4, 0.5) is 5.69 Å². The van der Waals surface area contributed by atoms with Gasteiger partial charge in [-0.1, -0.05) is 53.7 Å². The van der Waals surface area contributed by atoms with Crippen LogP contribution in [0.3, 0.4) is 0 Å². The number of nitrogens with one attached hydrogen (secondary N) is 2. The maximum atomic E-state index is 12.1. The van der Waals surface area contributed by atoms with Gasteiger partial charge in [0.05, 0.1) is 17.7 Å². The third kappa shape index (κ3) is 3.81. The summed E-state index contributed by atoms with van der Waals surface area (Å²) in [7, 11) is 1.59. The summed E-state index contributed by atoms with van der Waals surface area (Å²) in [6, 6.07) is 15.1. The van der Waals surface area contributed by atoms with Gasteiger partial charge < -0.3 is 15.4 Å². The second-order valence-electron chi connectivity index (χ2n) is 4.88. The molecule has 0 saturated carbocycles. The molecule has 1 amide bonds. The van der Waals surface area contributed by atoms with Crippen molar-refractivity contribution in [1.82, 2.24) is 5.32 Å². The van der Waals surface area contributed by atoms with Crippen molar-refractivity contribution in [2.24, 2.45) is 0 Å². The summed E-state index contributed by atoms with van der Waals surface area (Å²) in [5.74, 6) is 0.571. The lowest BCUT2D eigenvalue weighted by atomic mass is 10.2. The first-order valence-electron chi connectivity index (χ1n) is 7.00. The maximum absolute atomic E-state index is 12.1. The molecular formula is C17H15ClN2O2S. The standard InChI is InChI=1S/C17H15ClN2O2S/c1-22-14-8-7-12(18)10-13(14)19-17-20-16(21)15(23-17)9-11-5-3-2-4-6-11/h2-10,17,19H,1H3,(H,20,21)/b15-9-. The summed E-state index contributed by atoms with van der Waals surface area (Å²) in [6.07, 6.45) is 1.87. The number of carbonyl (C=O) groups excluding carboxylic acids is 1. The topological polar surface area (TPSA) is 50.4 Å². The number of rotatable bonds is 4. The quantitative estimate of drug-likeness (QED) is 0.823. The molecule has 2 aromatic carbocycles. The number of benzene rings is 2. The number of thioether (sulfide) groups is 1. The van der Waals surface area contributed by atoms with Gasteiger partial charge in [0.2, 0.25) is 0 Å². The van der Waals surface area contributed by atoms with Crippen molar-refractivity contribution >= 4 is 41.0 Å². The first-order valence-corrected chi connectivity index (χ1v) is 8.26. The largest absolute Gasteiger partial charge is 0.495 e. The van der Waals surface area contributed by atoms with Crippen LogP contribution in [0.2, 0.25) is 5.02 Å². The average molecular weight is 347 g/mol. The molecular weight excluding hydrogens is 332 g/mol. The Bertz CT molecular complexity index is 750. The molecule has 0 aliphatic carbocycles. The number of halogens is 1. The fourth-order valence-electron chi connectivity index (χ4n) is 2.20. The molecule has 23 heavy (non-hydrogen) atoms. The fourth-order valence-corrected chi connectivity index (χ4v) is 3.35. The molecule has 1 heterocycles. The van der Waals surface area contributed by atoms with Crippen LogP contribution in [0.25, 0.3) is 6.08 Å². The second-order valence-corrected chi connectivity index (χ2v) is 6.46. The molecule has 0 bridgehead atoms. The van der Waals surface area contributed by atoms with Crippen LogP contribution < -0.4 is 15.4 Å². The summed E-state index contributed by atoms with van der Waals surface area (Å²) in [4.78, 5) is 12.8. The van der Waals surface area contributed by atoms with Crippen molar-refractivity contribution < 1.29 is 9.53 Å². The minimum Gasteiger partial charge on any atom is -0.495 e. The summed E-state index contributed by atoms with van der Waals surface area (Å²) in [5.41, 5.74) is 1.45.